The maximum Gasteiger partial charge on any atom is 0.260 e. The second-order valence-corrected chi connectivity index (χ2v) is 9.96. The van der Waals surface area contributed by atoms with Crippen LogP contribution in [0.3, 0.4) is 0 Å². The summed E-state index contributed by atoms with van der Waals surface area (Å²) in [6.07, 6.45) is -0.233. The second-order valence-electron chi connectivity index (χ2n) is 8.95. The van der Waals surface area contributed by atoms with Gasteiger partial charge in [0, 0.05) is 28.9 Å². The lowest BCUT2D eigenvalue weighted by Crippen LogP contribution is -2.32. The van der Waals surface area contributed by atoms with Crippen LogP contribution in [0, 0.1) is 30.2 Å². The lowest BCUT2D eigenvalue weighted by molar-refractivity contribution is 0.315. The molecule has 1 unspecified atom stereocenters. The highest BCUT2D eigenvalue weighted by atomic mass is 32.2. The maximum atomic E-state index is 15.5. The molecule has 1 aliphatic heterocycles. The van der Waals surface area contributed by atoms with E-state index in [2.05, 4.69) is 5.16 Å². The SMILES string of the molecule is COc1cccc(-c2c(C)c(Cc3c(F)cccc3F)c3n(c2=O)C(C(=NO)c2ccccc2F)CS3)c1F. The molecule has 2 heterocycles. The van der Waals surface area contributed by atoms with Crippen molar-refractivity contribution < 1.29 is 27.5 Å². The molecule has 0 radical (unpaired) electrons. The average molecular weight is 555 g/mol. The van der Waals surface area contributed by atoms with E-state index in [4.69, 9.17) is 4.74 Å². The number of hydrogen-bond acceptors (Lipinski definition) is 5. The van der Waals surface area contributed by atoms with Crippen LogP contribution in [0.15, 0.2) is 75.6 Å². The van der Waals surface area contributed by atoms with Crippen LogP contribution in [0.25, 0.3) is 11.1 Å². The number of nitrogens with zero attached hydrogens (tertiary/aromatic N) is 2. The number of halogens is 4. The molecule has 10 heteroatoms. The largest absolute Gasteiger partial charge is 0.494 e. The molecule has 200 valence electrons. The highest BCUT2D eigenvalue weighted by Gasteiger charge is 2.36. The van der Waals surface area contributed by atoms with Gasteiger partial charge in [0.1, 0.15) is 23.2 Å². The van der Waals surface area contributed by atoms with E-state index in [0.717, 1.165) is 12.1 Å². The van der Waals surface area contributed by atoms with E-state index in [1.54, 1.807) is 13.0 Å². The first-order valence-electron chi connectivity index (χ1n) is 11.9. The molecule has 0 spiro atoms. The Morgan fingerprint density at radius 2 is 1.67 bits per heavy atom. The summed E-state index contributed by atoms with van der Waals surface area (Å²) in [5, 5.41) is 13.6. The number of hydrogen-bond donors (Lipinski definition) is 1. The highest BCUT2D eigenvalue weighted by molar-refractivity contribution is 7.99. The summed E-state index contributed by atoms with van der Waals surface area (Å²) >= 11 is 1.21. The third kappa shape index (κ3) is 4.48. The van der Waals surface area contributed by atoms with Gasteiger partial charge in [-0.25, -0.2) is 17.6 Å². The summed E-state index contributed by atoms with van der Waals surface area (Å²) in [7, 11) is 1.29. The van der Waals surface area contributed by atoms with E-state index in [9.17, 15) is 23.2 Å². The minimum absolute atomic E-state index is 0.0123. The normalized spacial score (nSPS) is 14.9. The molecule has 0 saturated heterocycles. The van der Waals surface area contributed by atoms with Crippen LogP contribution < -0.4 is 10.3 Å². The van der Waals surface area contributed by atoms with Crippen molar-refractivity contribution >= 4 is 17.5 Å². The summed E-state index contributed by atoms with van der Waals surface area (Å²) in [5.74, 6) is -2.89. The molecule has 3 aromatic carbocycles. The Morgan fingerprint density at radius 3 is 2.33 bits per heavy atom. The predicted molar refractivity (Wildman–Crippen MR) is 141 cm³/mol. The zero-order valence-electron chi connectivity index (χ0n) is 20.8. The fourth-order valence-electron chi connectivity index (χ4n) is 4.94. The number of pyridine rings is 1. The number of thioether (sulfide) groups is 1. The van der Waals surface area contributed by atoms with Gasteiger partial charge in [0.15, 0.2) is 11.6 Å². The van der Waals surface area contributed by atoms with Crippen LogP contribution in [0.1, 0.15) is 28.3 Å². The molecule has 5 nitrogen and oxygen atoms in total. The maximum absolute atomic E-state index is 15.5. The molecule has 0 aliphatic carbocycles. The van der Waals surface area contributed by atoms with E-state index >= 15 is 4.39 Å². The van der Waals surface area contributed by atoms with Crippen LogP contribution in [-0.4, -0.2) is 28.3 Å². The molecule has 0 amide bonds. The van der Waals surface area contributed by atoms with Crippen LogP contribution in [-0.2, 0) is 6.42 Å². The zero-order chi connectivity index (χ0) is 27.8. The van der Waals surface area contributed by atoms with Gasteiger partial charge >= 0.3 is 0 Å². The van der Waals surface area contributed by atoms with E-state index in [1.807, 2.05) is 0 Å². The summed E-state index contributed by atoms with van der Waals surface area (Å²) < 4.78 is 66.1. The molecule has 1 N–H and O–H groups in total. The number of ether oxygens (including phenoxy) is 1. The van der Waals surface area contributed by atoms with Gasteiger partial charge in [0.25, 0.3) is 5.56 Å². The highest BCUT2D eigenvalue weighted by Crippen LogP contribution is 2.42. The monoisotopic (exact) mass is 554 g/mol. The van der Waals surface area contributed by atoms with Crippen molar-refractivity contribution in [2.45, 2.75) is 24.4 Å². The summed E-state index contributed by atoms with van der Waals surface area (Å²) in [5.41, 5.74) is -0.330. The lowest BCUT2D eigenvalue weighted by Gasteiger charge is -2.22. The average Bonchev–Trinajstić information content (AvgIpc) is 3.35. The van der Waals surface area contributed by atoms with Gasteiger partial charge in [-0.15, -0.1) is 11.8 Å². The fraction of sp³-hybridized carbons (Fsp3) is 0.172. The fourth-order valence-corrected chi connectivity index (χ4v) is 6.31. The Hall–Kier alpha value is -4.05. The zero-order valence-corrected chi connectivity index (χ0v) is 21.7. The summed E-state index contributed by atoms with van der Waals surface area (Å²) in [4.78, 5) is 14.1. The third-order valence-electron chi connectivity index (χ3n) is 6.87. The molecule has 0 bridgehead atoms. The van der Waals surface area contributed by atoms with Gasteiger partial charge in [0.05, 0.1) is 23.7 Å². The second kappa shape index (κ2) is 10.6. The first-order valence-corrected chi connectivity index (χ1v) is 12.9. The van der Waals surface area contributed by atoms with Crippen molar-refractivity contribution in [3.8, 4) is 16.9 Å². The van der Waals surface area contributed by atoms with Gasteiger partial charge in [-0.2, -0.15) is 0 Å². The smallest absolute Gasteiger partial charge is 0.260 e. The Morgan fingerprint density at radius 1 is 1.00 bits per heavy atom. The molecular formula is C29H22F4N2O3S. The number of fused-ring (bicyclic) bond motifs is 1. The molecule has 39 heavy (non-hydrogen) atoms. The minimum atomic E-state index is -0.948. The molecule has 5 rings (SSSR count). The molecule has 1 aromatic heterocycles. The van der Waals surface area contributed by atoms with Gasteiger partial charge in [-0.05, 0) is 48.4 Å². The molecule has 1 atom stereocenters. The van der Waals surface area contributed by atoms with E-state index in [-0.39, 0.29) is 45.9 Å². The van der Waals surface area contributed by atoms with E-state index in [0.29, 0.717) is 16.2 Å². The van der Waals surface area contributed by atoms with Gasteiger partial charge in [-0.3, -0.25) is 9.36 Å². The van der Waals surface area contributed by atoms with Gasteiger partial charge in [0.2, 0.25) is 0 Å². The molecule has 4 aromatic rings. The van der Waals surface area contributed by atoms with Crippen molar-refractivity contribution in [3.63, 3.8) is 0 Å². The van der Waals surface area contributed by atoms with Crippen molar-refractivity contribution in [3.05, 3.63) is 117 Å². The van der Waals surface area contributed by atoms with Crippen molar-refractivity contribution in [1.82, 2.24) is 4.57 Å². The standard InChI is InChI=1S/C29H22F4N2O3S/c1-15-18(13-19-21(31)10-6-11-22(19)32)29-35(28(36)25(15)17-8-5-12-24(38-2)26(17)33)23(14-39-29)27(34-37)16-7-3-4-9-20(16)30/h3-12,23,37H,13-14H2,1-2H3. The summed E-state index contributed by atoms with van der Waals surface area (Å²) in [6, 6.07) is 12.6. The predicted octanol–water partition coefficient (Wildman–Crippen LogP) is 6.50. The first-order chi connectivity index (χ1) is 18.8. The number of methoxy groups -OCH3 is 1. The Kier molecular flexibility index (Phi) is 7.22. The van der Waals surface area contributed by atoms with Gasteiger partial charge < -0.3 is 9.94 Å². The van der Waals surface area contributed by atoms with Crippen molar-refractivity contribution in [2.24, 2.45) is 5.16 Å². The first kappa shape index (κ1) is 26.6. The van der Waals surface area contributed by atoms with Crippen LogP contribution in [0.2, 0.25) is 0 Å². The molecular weight excluding hydrogens is 532 g/mol. The lowest BCUT2D eigenvalue weighted by atomic mass is 9.93. The van der Waals surface area contributed by atoms with Gasteiger partial charge in [-0.1, -0.05) is 35.5 Å². The Bertz CT molecular complexity index is 1670. The molecule has 1 aliphatic rings. The number of rotatable bonds is 6. The van der Waals surface area contributed by atoms with E-state index in [1.165, 1.54) is 65.9 Å². The quantitative estimate of drug-likeness (QED) is 0.128. The van der Waals surface area contributed by atoms with Crippen LogP contribution in [0.4, 0.5) is 17.6 Å². The topological polar surface area (TPSA) is 63.8 Å². The molecule has 0 fully saturated rings. The Balaban J connectivity index is 1.81. The van der Waals surface area contributed by atoms with Crippen LogP contribution in [0.5, 0.6) is 5.75 Å². The Labute approximate surface area is 225 Å². The summed E-state index contributed by atoms with van der Waals surface area (Å²) in [6.45, 7) is 1.59. The van der Waals surface area contributed by atoms with Crippen molar-refractivity contribution in [1.29, 1.82) is 0 Å². The third-order valence-corrected chi connectivity index (χ3v) is 8.07. The van der Waals surface area contributed by atoms with E-state index < -0.39 is 34.9 Å². The van der Waals surface area contributed by atoms with Crippen LogP contribution >= 0.6 is 11.8 Å². The number of oxime groups is 1. The number of aromatic nitrogens is 1. The number of benzene rings is 3. The molecule has 0 saturated carbocycles. The minimum Gasteiger partial charge on any atom is -0.494 e. The van der Waals surface area contributed by atoms with Crippen molar-refractivity contribution in [2.75, 3.05) is 12.9 Å².